The maximum atomic E-state index is 11.3. The van der Waals surface area contributed by atoms with Crippen molar-refractivity contribution in [1.82, 2.24) is 0 Å². The Morgan fingerprint density at radius 3 is 2.93 bits per heavy atom. The third-order valence-corrected chi connectivity index (χ3v) is 2.61. The Morgan fingerprint density at radius 1 is 1.47 bits per heavy atom. The first kappa shape index (κ1) is 12.2. The van der Waals surface area contributed by atoms with Gasteiger partial charge in [-0.3, -0.25) is 4.79 Å². The number of hydrogen-bond acceptors (Lipinski definition) is 2. The van der Waals surface area contributed by atoms with Crippen LogP contribution < -0.4 is 4.74 Å². The molecule has 82 valence electrons. The smallest absolute Gasteiger partial charge is 0.311 e. The molecule has 0 amide bonds. The van der Waals surface area contributed by atoms with Crippen LogP contribution in [0.5, 0.6) is 5.75 Å². The van der Waals surface area contributed by atoms with Gasteiger partial charge in [0.25, 0.3) is 0 Å². The lowest BCUT2D eigenvalue weighted by Gasteiger charge is -2.04. The monoisotopic (exact) mass is 270 g/mol. The van der Waals surface area contributed by atoms with Crippen LogP contribution >= 0.6 is 15.9 Å². The molecule has 1 aromatic rings. The Kier molecular flexibility index (Phi) is 5.40. The van der Waals surface area contributed by atoms with Crippen molar-refractivity contribution in [3.63, 3.8) is 0 Å². The van der Waals surface area contributed by atoms with Crippen LogP contribution in [0.3, 0.4) is 0 Å². The molecule has 0 bridgehead atoms. The molecule has 0 N–H and O–H groups in total. The minimum absolute atomic E-state index is 0.164. The lowest BCUT2D eigenvalue weighted by molar-refractivity contribution is -0.134. The van der Waals surface area contributed by atoms with Gasteiger partial charge in [0.2, 0.25) is 0 Å². The van der Waals surface area contributed by atoms with Crippen molar-refractivity contribution >= 4 is 21.9 Å². The molecule has 3 heteroatoms. The fourth-order valence-corrected chi connectivity index (χ4v) is 1.50. The van der Waals surface area contributed by atoms with Crippen molar-refractivity contribution in [3.05, 3.63) is 29.8 Å². The van der Waals surface area contributed by atoms with Gasteiger partial charge in [-0.05, 0) is 30.5 Å². The summed E-state index contributed by atoms with van der Waals surface area (Å²) in [4.78, 5) is 11.3. The minimum atomic E-state index is -0.164. The quantitative estimate of drug-likeness (QED) is 0.466. The third-order valence-electron chi connectivity index (χ3n) is 2.05. The predicted octanol–water partition coefficient (Wildman–Crippen LogP) is 3.33. The van der Waals surface area contributed by atoms with E-state index >= 15 is 0 Å². The SMILES string of the molecule is CCc1cccc(OC(=O)CCCBr)c1. The Hall–Kier alpha value is -0.830. The average Bonchev–Trinajstić information content (AvgIpc) is 2.26. The minimum Gasteiger partial charge on any atom is -0.427 e. The van der Waals surface area contributed by atoms with Crippen LogP contribution in [-0.2, 0) is 11.2 Å². The van der Waals surface area contributed by atoms with Crippen molar-refractivity contribution in [2.75, 3.05) is 5.33 Å². The van der Waals surface area contributed by atoms with Crippen LogP contribution in [0.4, 0.5) is 0 Å². The number of benzene rings is 1. The molecular formula is C12H15BrO2. The molecule has 15 heavy (non-hydrogen) atoms. The fraction of sp³-hybridized carbons (Fsp3) is 0.417. The van der Waals surface area contributed by atoms with E-state index in [-0.39, 0.29) is 5.97 Å². The summed E-state index contributed by atoms with van der Waals surface area (Å²) in [5, 5.41) is 0.830. The van der Waals surface area contributed by atoms with Gasteiger partial charge in [0.05, 0.1) is 0 Å². The molecule has 0 aliphatic rings. The summed E-state index contributed by atoms with van der Waals surface area (Å²) in [6.45, 7) is 2.08. The molecule has 0 saturated heterocycles. The zero-order valence-electron chi connectivity index (χ0n) is 8.83. The molecule has 0 heterocycles. The standard InChI is InChI=1S/C12H15BrO2/c1-2-10-5-3-6-11(9-10)15-12(14)7-4-8-13/h3,5-6,9H,2,4,7-8H2,1H3. The Balaban J connectivity index is 2.52. The largest absolute Gasteiger partial charge is 0.427 e. The Bertz CT molecular complexity index is 323. The second kappa shape index (κ2) is 6.62. The highest BCUT2D eigenvalue weighted by Gasteiger charge is 2.04. The average molecular weight is 271 g/mol. The molecule has 0 aliphatic carbocycles. The van der Waals surface area contributed by atoms with Crippen molar-refractivity contribution < 1.29 is 9.53 Å². The number of rotatable bonds is 5. The first-order valence-corrected chi connectivity index (χ1v) is 6.24. The number of carbonyl (C=O) groups is 1. The van der Waals surface area contributed by atoms with Crippen LogP contribution in [0.25, 0.3) is 0 Å². The van der Waals surface area contributed by atoms with Crippen LogP contribution in [0.15, 0.2) is 24.3 Å². The highest BCUT2D eigenvalue weighted by atomic mass is 79.9. The fourth-order valence-electron chi connectivity index (χ4n) is 1.22. The first-order valence-electron chi connectivity index (χ1n) is 5.12. The Labute approximate surface area is 98.8 Å². The van der Waals surface area contributed by atoms with Crippen molar-refractivity contribution in [2.24, 2.45) is 0 Å². The molecule has 1 rings (SSSR count). The van der Waals surface area contributed by atoms with Crippen molar-refractivity contribution in [2.45, 2.75) is 26.2 Å². The van der Waals surface area contributed by atoms with Gasteiger partial charge >= 0.3 is 5.97 Å². The molecule has 2 nitrogen and oxygen atoms in total. The summed E-state index contributed by atoms with van der Waals surface area (Å²) >= 11 is 3.28. The molecule has 0 atom stereocenters. The first-order chi connectivity index (χ1) is 7.26. The summed E-state index contributed by atoms with van der Waals surface area (Å²) in [6, 6.07) is 7.65. The summed E-state index contributed by atoms with van der Waals surface area (Å²) in [5.74, 6) is 0.483. The number of halogens is 1. The van der Waals surface area contributed by atoms with E-state index in [1.807, 2.05) is 24.3 Å². The van der Waals surface area contributed by atoms with E-state index in [1.165, 1.54) is 5.56 Å². The van der Waals surface area contributed by atoms with E-state index in [2.05, 4.69) is 22.9 Å². The van der Waals surface area contributed by atoms with Gasteiger partial charge in [0.1, 0.15) is 5.75 Å². The van der Waals surface area contributed by atoms with Crippen LogP contribution in [0.1, 0.15) is 25.3 Å². The summed E-state index contributed by atoms with van der Waals surface area (Å²) in [6.07, 6.45) is 2.22. The molecule has 0 spiro atoms. The molecule has 0 fully saturated rings. The van der Waals surface area contributed by atoms with E-state index in [4.69, 9.17) is 4.74 Å². The predicted molar refractivity (Wildman–Crippen MR) is 64.5 cm³/mol. The summed E-state index contributed by atoms with van der Waals surface area (Å²) < 4.78 is 5.20. The molecule has 1 aromatic carbocycles. The second-order valence-corrected chi connectivity index (χ2v) is 4.06. The highest BCUT2D eigenvalue weighted by molar-refractivity contribution is 9.09. The van der Waals surface area contributed by atoms with Crippen LogP contribution in [-0.4, -0.2) is 11.3 Å². The van der Waals surface area contributed by atoms with E-state index in [0.29, 0.717) is 12.2 Å². The highest BCUT2D eigenvalue weighted by Crippen LogP contribution is 2.14. The molecule has 0 radical (unpaired) electrons. The number of esters is 1. The summed E-state index contributed by atoms with van der Waals surface area (Å²) in [5.41, 5.74) is 1.18. The van der Waals surface area contributed by atoms with E-state index in [0.717, 1.165) is 18.2 Å². The lowest BCUT2D eigenvalue weighted by Crippen LogP contribution is -2.07. The van der Waals surface area contributed by atoms with Gasteiger partial charge in [0.15, 0.2) is 0 Å². The number of carbonyl (C=O) groups excluding carboxylic acids is 1. The normalized spacial score (nSPS) is 10.0. The molecule has 0 unspecified atom stereocenters. The van der Waals surface area contributed by atoms with Crippen molar-refractivity contribution in [3.8, 4) is 5.75 Å². The van der Waals surface area contributed by atoms with Gasteiger partial charge < -0.3 is 4.74 Å². The second-order valence-electron chi connectivity index (χ2n) is 3.27. The van der Waals surface area contributed by atoms with Crippen LogP contribution in [0.2, 0.25) is 0 Å². The van der Waals surface area contributed by atoms with Gasteiger partial charge in [-0.15, -0.1) is 0 Å². The van der Waals surface area contributed by atoms with E-state index in [1.54, 1.807) is 0 Å². The van der Waals surface area contributed by atoms with E-state index < -0.39 is 0 Å². The summed E-state index contributed by atoms with van der Waals surface area (Å²) in [7, 11) is 0. The number of ether oxygens (including phenoxy) is 1. The van der Waals surface area contributed by atoms with Gasteiger partial charge in [-0.1, -0.05) is 35.0 Å². The molecule has 0 aromatic heterocycles. The zero-order chi connectivity index (χ0) is 11.1. The number of alkyl halides is 1. The maximum Gasteiger partial charge on any atom is 0.311 e. The molecule has 0 aliphatic heterocycles. The number of hydrogen-bond donors (Lipinski definition) is 0. The van der Waals surface area contributed by atoms with Gasteiger partial charge in [-0.2, -0.15) is 0 Å². The maximum absolute atomic E-state index is 11.3. The molecule has 0 saturated carbocycles. The molecular weight excluding hydrogens is 256 g/mol. The van der Waals surface area contributed by atoms with Crippen LogP contribution in [0, 0.1) is 0 Å². The van der Waals surface area contributed by atoms with Crippen molar-refractivity contribution in [1.29, 1.82) is 0 Å². The van der Waals surface area contributed by atoms with Gasteiger partial charge in [-0.25, -0.2) is 0 Å². The lowest BCUT2D eigenvalue weighted by atomic mass is 10.2. The topological polar surface area (TPSA) is 26.3 Å². The van der Waals surface area contributed by atoms with E-state index in [9.17, 15) is 4.79 Å². The zero-order valence-corrected chi connectivity index (χ0v) is 10.4. The Morgan fingerprint density at radius 2 is 2.27 bits per heavy atom. The van der Waals surface area contributed by atoms with Gasteiger partial charge in [0, 0.05) is 11.8 Å². The third kappa shape index (κ3) is 4.47. The number of aryl methyl sites for hydroxylation is 1.